The maximum Gasteiger partial charge on any atom is 0.232 e. The average Bonchev–Trinajstić information content (AvgIpc) is 2.71. The lowest BCUT2D eigenvalue weighted by Gasteiger charge is -2.36. The fraction of sp³-hybridized carbons (Fsp3) is 0.762. The highest BCUT2D eigenvalue weighted by Crippen LogP contribution is 2.29. The van der Waals surface area contributed by atoms with Gasteiger partial charge in [-0.3, -0.25) is 0 Å². The smallest absolute Gasteiger partial charge is 0.232 e. The number of ether oxygens (including phenoxy) is 1. The summed E-state index contributed by atoms with van der Waals surface area (Å²) in [4.78, 5) is 14.4. The zero-order chi connectivity index (χ0) is 20.6. The van der Waals surface area contributed by atoms with Gasteiger partial charge in [-0.2, -0.15) is 9.97 Å². The second-order valence-corrected chi connectivity index (χ2v) is 8.94. The van der Waals surface area contributed by atoms with Crippen molar-refractivity contribution in [3.05, 3.63) is 6.07 Å². The molecule has 2 aliphatic heterocycles. The number of nitrogens with zero attached hydrogens (tertiary/aromatic N) is 4. The van der Waals surface area contributed by atoms with Gasteiger partial charge in [0.25, 0.3) is 0 Å². The van der Waals surface area contributed by atoms with Crippen LogP contribution >= 0.6 is 12.2 Å². The van der Waals surface area contributed by atoms with E-state index >= 15 is 0 Å². The van der Waals surface area contributed by atoms with Crippen LogP contribution in [0, 0.1) is 11.8 Å². The summed E-state index contributed by atoms with van der Waals surface area (Å²) in [5.74, 6) is 3.94. The Morgan fingerprint density at radius 1 is 1.10 bits per heavy atom. The van der Waals surface area contributed by atoms with E-state index in [9.17, 15) is 0 Å². The van der Waals surface area contributed by atoms with E-state index in [0.29, 0.717) is 29.5 Å². The van der Waals surface area contributed by atoms with Gasteiger partial charge in [0.15, 0.2) is 5.11 Å². The van der Waals surface area contributed by atoms with Crippen molar-refractivity contribution in [1.29, 1.82) is 0 Å². The second kappa shape index (κ2) is 10.9. The average molecular weight is 421 g/mol. The van der Waals surface area contributed by atoms with Gasteiger partial charge in [-0.15, -0.1) is 0 Å². The van der Waals surface area contributed by atoms with Crippen LogP contribution in [0.25, 0.3) is 0 Å². The zero-order valence-electron chi connectivity index (χ0n) is 18.1. The normalized spacial score (nSPS) is 22.4. The first-order valence-corrected chi connectivity index (χ1v) is 11.4. The molecule has 2 aliphatic rings. The van der Waals surface area contributed by atoms with E-state index in [4.69, 9.17) is 26.9 Å². The van der Waals surface area contributed by atoms with Crippen LogP contribution in [0.2, 0.25) is 0 Å². The lowest BCUT2D eigenvalue weighted by Crippen LogP contribution is -2.40. The maximum atomic E-state index is 5.45. The second-order valence-electron chi connectivity index (χ2n) is 8.53. The van der Waals surface area contributed by atoms with Crippen molar-refractivity contribution < 1.29 is 4.74 Å². The van der Waals surface area contributed by atoms with E-state index in [2.05, 4.69) is 40.3 Å². The van der Waals surface area contributed by atoms with E-state index in [1.165, 1.54) is 25.7 Å². The van der Waals surface area contributed by atoms with Crippen molar-refractivity contribution in [3.8, 4) is 0 Å². The number of nitrogens with one attached hydrogen (secondary N) is 2. The number of thiocarbonyl (C=S) groups is 1. The molecular weight excluding hydrogens is 384 g/mol. The monoisotopic (exact) mass is 420 g/mol. The van der Waals surface area contributed by atoms with Crippen molar-refractivity contribution in [2.24, 2.45) is 11.8 Å². The molecule has 0 radical (unpaired) electrons. The first kappa shape index (κ1) is 22.0. The molecule has 0 aromatic carbocycles. The Bertz CT molecular complexity index is 657. The molecule has 2 fully saturated rings. The Balaban J connectivity index is 1.76. The number of rotatable bonds is 7. The highest BCUT2D eigenvalue weighted by molar-refractivity contribution is 7.80. The Morgan fingerprint density at radius 3 is 2.41 bits per heavy atom. The first-order chi connectivity index (χ1) is 14.0. The molecule has 3 rings (SSSR count). The van der Waals surface area contributed by atoms with Crippen molar-refractivity contribution in [3.63, 3.8) is 0 Å². The quantitative estimate of drug-likeness (QED) is 0.515. The van der Waals surface area contributed by atoms with Gasteiger partial charge in [0.05, 0.1) is 0 Å². The van der Waals surface area contributed by atoms with Gasteiger partial charge in [-0.1, -0.05) is 13.8 Å². The number of hydrogen-bond donors (Lipinski definition) is 2. The van der Waals surface area contributed by atoms with Crippen LogP contribution in [0.5, 0.6) is 0 Å². The highest BCUT2D eigenvalue weighted by atomic mass is 32.1. The third-order valence-electron chi connectivity index (χ3n) is 5.61. The van der Waals surface area contributed by atoms with Crippen molar-refractivity contribution in [2.75, 3.05) is 61.6 Å². The molecule has 2 saturated heterocycles. The predicted molar refractivity (Wildman–Crippen MR) is 124 cm³/mol. The van der Waals surface area contributed by atoms with Crippen LogP contribution in [0.3, 0.4) is 0 Å². The largest absolute Gasteiger partial charge is 0.385 e. The van der Waals surface area contributed by atoms with Crippen molar-refractivity contribution in [2.45, 2.75) is 46.0 Å². The third kappa shape index (κ3) is 6.67. The summed E-state index contributed by atoms with van der Waals surface area (Å²) >= 11 is 5.45. The van der Waals surface area contributed by atoms with E-state index in [1.54, 1.807) is 7.11 Å². The molecule has 3 heterocycles. The van der Waals surface area contributed by atoms with Gasteiger partial charge in [0.2, 0.25) is 5.95 Å². The van der Waals surface area contributed by atoms with Crippen LogP contribution in [0.4, 0.5) is 17.6 Å². The van der Waals surface area contributed by atoms with Gasteiger partial charge < -0.3 is 25.2 Å². The summed E-state index contributed by atoms with van der Waals surface area (Å²) in [5, 5.41) is 6.97. The minimum atomic E-state index is 0.559. The summed E-state index contributed by atoms with van der Waals surface area (Å²) in [6.45, 7) is 10.3. The fourth-order valence-corrected chi connectivity index (χ4v) is 4.53. The predicted octanol–water partition coefficient (Wildman–Crippen LogP) is 3.27. The number of anilines is 3. The minimum absolute atomic E-state index is 0.559. The van der Waals surface area contributed by atoms with Crippen LogP contribution in [0.15, 0.2) is 6.07 Å². The van der Waals surface area contributed by atoms with E-state index in [0.717, 1.165) is 50.8 Å². The Morgan fingerprint density at radius 2 is 1.76 bits per heavy atom. The zero-order valence-corrected chi connectivity index (χ0v) is 18.9. The van der Waals surface area contributed by atoms with Gasteiger partial charge in [0, 0.05) is 52.5 Å². The topological polar surface area (TPSA) is 65.6 Å². The molecular formula is C21H36N6OS. The summed E-state index contributed by atoms with van der Waals surface area (Å²) < 4.78 is 5.09. The highest BCUT2D eigenvalue weighted by Gasteiger charge is 2.24. The number of methoxy groups -OCH3 is 1. The van der Waals surface area contributed by atoms with Crippen LogP contribution in [-0.4, -0.2) is 61.5 Å². The molecule has 7 nitrogen and oxygen atoms in total. The molecule has 8 heteroatoms. The summed E-state index contributed by atoms with van der Waals surface area (Å²) in [5.41, 5.74) is 0. The molecule has 29 heavy (non-hydrogen) atoms. The molecule has 0 unspecified atom stereocenters. The Hall–Kier alpha value is -1.67. The maximum absolute atomic E-state index is 5.45. The summed E-state index contributed by atoms with van der Waals surface area (Å²) in [7, 11) is 1.71. The summed E-state index contributed by atoms with van der Waals surface area (Å²) in [6.07, 6.45) is 5.93. The van der Waals surface area contributed by atoms with Crippen LogP contribution in [-0.2, 0) is 4.74 Å². The standard InChI is InChI=1S/C21H36N6OS/c1-16-12-17(2)15-27(14-16)19-13-18(26-9-5-4-6-10-26)23-20(24-19)25-21(29)22-8-7-11-28-3/h13,16-17H,4-12,14-15H2,1-3H3,(H2,22,23,24,25,29)/t16-,17-/m1/s1. The molecule has 1 aromatic rings. The number of aromatic nitrogens is 2. The molecule has 2 N–H and O–H groups in total. The van der Waals surface area contributed by atoms with Gasteiger partial charge >= 0.3 is 0 Å². The molecule has 0 amide bonds. The first-order valence-electron chi connectivity index (χ1n) is 11.0. The number of piperidine rings is 2. The lowest BCUT2D eigenvalue weighted by atomic mass is 9.92. The Kier molecular flexibility index (Phi) is 8.29. The molecule has 0 aliphatic carbocycles. The Labute approximate surface area is 180 Å². The minimum Gasteiger partial charge on any atom is -0.385 e. The summed E-state index contributed by atoms with van der Waals surface area (Å²) in [6, 6.07) is 2.16. The molecule has 0 bridgehead atoms. The van der Waals surface area contributed by atoms with Crippen molar-refractivity contribution >= 4 is 34.9 Å². The van der Waals surface area contributed by atoms with Crippen LogP contribution < -0.4 is 20.4 Å². The SMILES string of the molecule is COCCCNC(=S)Nc1nc(N2CCCCC2)cc(N2C[C@H](C)C[C@@H](C)C2)n1. The van der Waals surface area contributed by atoms with Crippen LogP contribution in [0.1, 0.15) is 46.0 Å². The molecule has 1 aromatic heterocycles. The molecule has 2 atom stereocenters. The lowest BCUT2D eigenvalue weighted by molar-refractivity contribution is 0.196. The van der Waals surface area contributed by atoms with Gasteiger partial charge in [-0.25, -0.2) is 0 Å². The van der Waals surface area contributed by atoms with E-state index in [1.807, 2.05) is 0 Å². The molecule has 0 spiro atoms. The van der Waals surface area contributed by atoms with Gasteiger partial charge in [-0.05, 0) is 56.2 Å². The molecule has 162 valence electrons. The number of hydrogen-bond acceptors (Lipinski definition) is 6. The van der Waals surface area contributed by atoms with E-state index < -0.39 is 0 Å². The van der Waals surface area contributed by atoms with E-state index in [-0.39, 0.29) is 0 Å². The van der Waals surface area contributed by atoms with Crippen molar-refractivity contribution in [1.82, 2.24) is 15.3 Å². The fourth-order valence-electron chi connectivity index (χ4n) is 4.34. The van der Waals surface area contributed by atoms with Gasteiger partial charge in [0.1, 0.15) is 11.6 Å². The molecule has 0 saturated carbocycles. The third-order valence-corrected chi connectivity index (χ3v) is 5.85.